The molecule has 0 aliphatic rings. The van der Waals surface area contributed by atoms with Crippen LogP contribution in [0.25, 0.3) is 0 Å². The summed E-state index contributed by atoms with van der Waals surface area (Å²) in [6.45, 7) is 5.80. The van der Waals surface area contributed by atoms with Crippen molar-refractivity contribution in [2.24, 2.45) is 0 Å². The molecule has 0 fully saturated rings. The van der Waals surface area contributed by atoms with Gasteiger partial charge in [0.25, 0.3) is 0 Å². The number of carbonyl (C=O) groups excluding carboxylic acids is 2. The van der Waals surface area contributed by atoms with Crippen LogP contribution in [0.15, 0.2) is 86.0 Å². The summed E-state index contributed by atoms with van der Waals surface area (Å²) in [6, 6.07) is 16.6. The molecule has 0 amide bonds. The van der Waals surface area contributed by atoms with Crippen molar-refractivity contribution >= 4 is 23.9 Å². The van der Waals surface area contributed by atoms with E-state index in [0.717, 1.165) is 12.2 Å². The Morgan fingerprint density at radius 3 is 0.966 bits per heavy atom. The first-order valence-corrected chi connectivity index (χ1v) is 7.39. The van der Waals surface area contributed by atoms with Gasteiger partial charge in [0.05, 0.1) is 23.1 Å². The molecule has 9 heteroatoms. The van der Waals surface area contributed by atoms with Crippen LogP contribution in [0, 0.1) is 0 Å². The van der Waals surface area contributed by atoms with E-state index in [4.69, 9.17) is 30.0 Å². The number of aromatic carboxylic acids is 2. The van der Waals surface area contributed by atoms with Crippen LogP contribution >= 0.6 is 0 Å². The molecule has 8 nitrogen and oxygen atoms in total. The summed E-state index contributed by atoms with van der Waals surface area (Å²) in [5.41, 5.74) is 0.662. The van der Waals surface area contributed by atoms with Gasteiger partial charge in [0.1, 0.15) is 0 Å². The number of benzene rings is 2. The van der Waals surface area contributed by atoms with E-state index >= 15 is 0 Å². The normalized spacial score (nSPS) is 7.72. The zero-order valence-corrected chi connectivity index (χ0v) is 15.9. The maximum atomic E-state index is 10.2. The van der Waals surface area contributed by atoms with Gasteiger partial charge >= 0.3 is 29.0 Å². The minimum absolute atomic E-state index is 0. The standard InChI is InChI=1S/2C7H6O2.2C3H4O2.Cu/c2*8-7(9)6-4-2-1-3-5-6;2*1-2-3(4)5;/h2*1-5H,(H,8,9);2*2H,1H2,(H,4,5);/q;;;;+2/p-2. The number of carbonyl (C=O) groups is 4. The van der Waals surface area contributed by atoms with Crippen molar-refractivity contribution < 1.29 is 56.7 Å². The van der Waals surface area contributed by atoms with Gasteiger partial charge in [-0.2, -0.15) is 0 Å². The Morgan fingerprint density at radius 2 is 0.862 bits per heavy atom. The van der Waals surface area contributed by atoms with Gasteiger partial charge in [-0.3, -0.25) is 0 Å². The quantitative estimate of drug-likeness (QED) is 0.508. The van der Waals surface area contributed by atoms with Gasteiger partial charge in [0, 0.05) is 0 Å². The molecule has 0 saturated carbocycles. The van der Waals surface area contributed by atoms with Crippen molar-refractivity contribution in [1.82, 2.24) is 0 Å². The smallest absolute Gasteiger partial charge is 0.545 e. The van der Waals surface area contributed by atoms with Crippen LogP contribution in [0.3, 0.4) is 0 Å². The molecule has 0 aromatic heterocycles. The van der Waals surface area contributed by atoms with E-state index in [9.17, 15) is 9.59 Å². The molecule has 2 rings (SSSR count). The minimum atomic E-state index is -1.23. The molecule has 0 unspecified atom stereocenters. The largest absolute Gasteiger partial charge is 2.00 e. The predicted molar refractivity (Wildman–Crippen MR) is 97.2 cm³/mol. The van der Waals surface area contributed by atoms with Gasteiger partial charge in [-0.25, -0.2) is 9.59 Å². The van der Waals surface area contributed by atoms with Crippen LogP contribution < -0.4 is 10.2 Å². The van der Waals surface area contributed by atoms with Gasteiger partial charge in [-0.05, 0) is 36.4 Å². The Kier molecular flexibility index (Phi) is 19.8. The summed E-state index contributed by atoms with van der Waals surface area (Å²) in [7, 11) is 0. The Balaban J connectivity index is -0.000000321. The minimum Gasteiger partial charge on any atom is -0.545 e. The molecule has 0 aliphatic carbocycles. The average molecular weight is 450 g/mol. The van der Waals surface area contributed by atoms with E-state index < -0.39 is 23.9 Å². The molecule has 2 aromatic rings. The maximum Gasteiger partial charge on any atom is 2.00 e. The second-order valence-electron chi connectivity index (χ2n) is 4.39. The number of hydrogen-bond acceptors (Lipinski definition) is 6. The first-order valence-electron chi connectivity index (χ1n) is 7.39. The Morgan fingerprint density at radius 1 is 0.655 bits per heavy atom. The molecule has 2 aromatic carbocycles. The molecular formula is C20H18CuO8. The zero-order valence-electron chi connectivity index (χ0n) is 15.0. The fourth-order valence-electron chi connectivity index (χ4n) is 1.16. The van der Waals surface area contributed by atoms with E-state index in [1.807, 2.05) is 0 Å². The molecule has 0 aliphatic heterocycles. The summed E-state index contributed by atoms with van der Waals surface area (Å²) in [6.07, 6.45) is 1.44. The second-order valence-corrected chi connectivity index (χ2v) is 4.39. The van der Waals surface area contributed by atoms with Crippen LogP contribution in [-0.2, 0) is 26.7 Å². The predicted octanol–water partition coefficient (Wildman–Crippen LogP) is 0.612. The topological polar surface area (TPSA) is 155 Å². The molecule has 0 spiro atoms. The Bertz CT molecular complexity index is 706. The van der Waals surface area contributed by atoms with Gasteiger partial charge in [-0.15, -0.1) is 0 Å². The first kappa shape index (κ1) is 30.1. The molecular weight excluding hydrogens is 432 g/mol. The third-order valence-corrected chi connectivity index (χ3v) is 2.37. The molecule has 0 bridgehead atoms. The Hall–Kier alpha value is -3.68. The summed E-state index contributed by atoms with van der Waals surface area (Å²) < 4.78 is 0. The number of hydrogen-bond donors (Lipinski definition) is 2. The van der Waals surface area contributed by atoms with Crippen molar-refractivity contribution in [2.45, 2.75) is 0 Å². The molecule has 0 atom stereocenters. The van der Waals surface area contributed by atoms with Gasteiger partial charge in [0.2, 0.25) is 0 Å². The molecule has 2 N–H and O–H groups in total. The third kappa shape index (κ3) is 20.5. The van der Waals surface area contributed by atoms with Crippen molar-refractivity contribution in [2.75, 3.05) is 0 Å². The number of aliphatic carboxylic acids is 2. The summed E-state index contributed by atoms with van der Waals surface area (Å²) >= 11 is 0. The van der Waals surface area contributed by atoms with E-state index in [1.165, 1.54) is 0 Å². The van der Waals surface area contributed by atoms with Gasteiger partial charge in [-0.1, -0.05) is 49.6 Å². The molecule has 1 radical (unpaired) electrons. The molecule has 0 saturated heterocycles. The first-order chi connectivity index (χ1) is 13.1. The van der Waals surface area contributed by atoms with Crippen LogP contribution in [0.1, 0.15) is 20.7 Å². The van der Waals surface area contributed by atoms with E-state index in [1.54, 1.807) is 60.7 Å². The fourth-order valence-corrected chi connectivity index (χ4v) is 1.16. The number of rotatable bonds is 4. The summed E-state index contributed by atoms with van der Waals surface area (Å²) in [4.78, 5) is 38.7. The molecule has 0 heterocycles. The Labute approximate surface area is 177 Å². The SMILES string of the molecule is C=CC(=O)[O-].C=CC(=O)[O-].O=C(O)c1ccccc1.O=C(O)c1ccccc1.[Cu+2]. The third-order valence-electron chi connectivity index (χ3n) is 2.37. The van der Waals surface area contributed by atoms with E-state index in [2.05, 4.69) is 13.2 Å². The van der Waals surface area contributed by atoms with Crippen molar-refractivity contribution in [1.29, 1.82) is 0 Å². The summed E-state index contributed by atoms with van der Waals surface area (Å²) in [5, 5.41) is 35.0. The van der Waals surface area contributed by atoms with Crippen molar-refractivity contribution in [3.63, 3.8) is 0 Å². The summed E-state index contributed by atoms with van der Waals surface area (Å²) in [5.74, 6) is -4.22. The van der Waals surface area contributed by atoms with Gasteiger partial charge < -0.3 is 30.0 Å². The van der Waals surface area contributed by atoms with Crippen molar-refractivity contribution in [3.05, 3.63) is 97.1 Å². The monoisotopic (exact) mass is 449 g/mol. The number of carboxylic acids is 4. The number of carboxylic acid groups (broad SMARTS) is 4. The van der Waals surface area contributed by atoms with Gasteiger partial charge in [0.15, 0.2) is 0 Å². The molecule has 157 valence electrons. The van der Waals surface area contributed by atoms with E-state index in [-0.39, 0.29) is 17.1 Å². The fraction of sp³-hybridized carbons (Fsp3) is 0. The van der Waals surface area contributed by atoms with Crippen LogP contribution in [0.4, 0.5) is 0 Å². The van der Waals surface area contributed by atoms with Crippen molar-refractivity contribution in [3.8, 4) is 0 Å². The zero-order chi connectivity index (χ0) is 21.9. The van der Waals surface area contributed by atoms with Crippen LogP contribution in [0.2, 0.25) is 0 Å². The van der Waals surface area contributed by atoms with Crippen LogP contribution in [-0.4, -0.2) is 34.1 Å². The second kappa shape index (κ2) is 19.1. The maximum absolute atomic E-state index is 10.2. The molecule has 29 heavy (non-hydrogen) atoms. The average Bonchev–Trinajstić information content (AvgIpc) is 2.70. The van der Waals surface area contributed by atoms with Crippen LogP contribution in [0.5, 0.6) is 0 Å². The van der Waals surface area contributed by atoms with E-state index in [0.29, 0.717) is 11.1 Å².